The quantitative estimate of drug-likeness (QED) is 0.325. The molecule has 3 atom stereocenters. The molecular formula is C34H45ClN6O3. The van der Waals surface area contributed by atoms with Gasteiger partial charge in [0.25, 0.3) is 0 Å². The summed E-state index contributed by atoms with van der Waals surface area (Å²) in [4.78, 5) is 31.8. The molecule has 9 nitrogen and oxygen atoms in total. The number of hydrogen-bond donors (Lipinski definition) is 0. The second-order valence-electron chi connectivity index (χ2n) is 13.6. The number of ether oxygens (including phenoxy) is 2. The van der Waals surface area contributed by atoms with Crippen LogP contribution in [-0.2, 0) is 17.7 Å². The van der Waals surface area contributed by atoms with E-state index in [2.05, 4.69) is 60.0 Å². The number of benzene rings is 2. The van der Waals surface area contributed by atoms with Gasteiger partial charge in [0.15, 0.2) is 0 Å². The molecule has 0 radical (unpaired) electrons. The van der Waals surface area contributed by atoms with Crippen LogP contribution < -0.4 is 14.5 Å². The summed E-state index contributed by atoms with van der Waals surface area (Å²) in [6, 6.07) is 13.3. The number of likely N-dealkylation sites (N-methyl/N-ethyl adjacent to an activating group) is 2. The lowest BCUT2D eigenvalue weighted by molar-refractivity contribution is 0.0237. The van der Waals surface area contributed by atoms with Crippen LogP contribution in [0.25, 0.3) is 10.8 Å². The molecule has 3 aromatic rings. The minimum Gasteiger partial charge on any atom is -0.462 e. The number of nitrogens with zero attached hydrogens (tertiary/aromatic N) is 6. The van der Waals surface area contributed by atoms with Crippen LogP contribution in [-0.4, -0.2) is 89.9 Å². The Morgan fingerprint density at radius 1 is 1.14 bits per heavy atom. The van der Waals surface area contributed by atoms with E-state index in [-0.39, 0.29) is 18.2 Å². The molecule has 4 heterocycles. The predicted octanol–water partition coefficient (Wildman–Crippen LogP) is 6.15. The zero-order chi connectivity index (χ0) is 31.2. The van der Waals surface area contributed by atoms with Crippen LogP contribution in [0.4, 0.5) is 16.3 Å². The summed E-state index contributed by atoms with van der Waals surface area (Å²) in [6.45, 7) is 11.5. The van der Waals surface area contributed by atoms with Crippen molar-refractivity contribution < 1.29 is 14.3 Å². The molecule has 3 aliphatic rings. The molecule has 0 bridgehead atoms. The minimum absolute atomic E-state index is 0.0650. The number of likely N-dealkylation sites (tertiary alicyclic amines) is 2. The number of halogens is 1. The van der Waals surface area contributed by atoms with Crippen molar-refractivity contribution in [2.24, 2.45) is 0 Å². The third kappa shape index (κ3) is 6.26. The van der Waals surface area contributed by atoms with Gasteiger partial charge in [-0.05, 0) is 84.5 Å². The molecule has 0 spiro atoms. The summed E-state index contributed by atoms with van der Waals surface area (Å²) in [6.07, 6.45) is 3.65. The van der Waals surface area contributed by atoms with Crippen molar-refractivity contribution in [3.8, 4) is 6.01 Å². The third-order valence-electron chi connectivity index (χ3n) is 9.33. The zero-order valence-electron chi connectivity index (χ0n) is 26.8. The van der Waals surface area contributed by atoms with Crippen molar-refractivity contribution in [1.29, 1.82) is 0 Å². The zero-order valence-corrected chi connectivity index (χ0v) is 27.6. The fourth-order valence-corrected chi connectivity index (χ4v) is 7.16. The molecular weight excluding hydrogens is 576 g/mol. The maximum absolute atomic E-state index is 13.0. The van der Waals surface area contributed by atoms with Gasteiger partial charge < -0.3 is 29.1 Å². The average Bonchev–Trinajstić information content (AvgIpc) is 3.58. The van der Waals surface area contributed by atoms with E-state index in [1.807, 2.05) is 37.8 Å². The lowest BCUT2D eigenvalue weighted by atomic mass is 10.0. The van der Waals surface area contributed by atoms with Crippen LogP contribution in [0, 0.1) is 0 Å². The first-order valence-electron chi connectivity index (χ1n) is 15.9. The monoisotopic (exact) mass is 620 g/mol. The predicted molar refractivity (Wildman–Crippen MR) is 176 cm³/mol. The van der Waals surface area contributed by atoms with Gasteiger partial charge in [-0.2, -0.15) is 9.97 Å². The molecule has 3 aliphatic heterocycles. The van der Waals surface area contributed by atoms with Gasteiger partial charge in [0, 0.05) is 54.9 Å². The van der Waals surface area contributed by atoms with Crippen molar-refractivity contribution >= 4 is 40.0 Å². The van der Waals surface area contributed by atoms with Gasteiger partial charge in [0.05, 0.1) is 17.3 Å². The highest BCUT2D eigenvalue weighted by atomic mass is 35.5. The molecule has 0 aliphatic carbocycles. The Balaban J connectivity index is 1.30. The molecule has 44 heavy (non-hydrogen) atoms. The molecule has 0 unspecified atom stereocenters. The molecule has 6 rings (SSSR count). The van der Waals surface area contributed by atoms with Crippen molar-refractivity contribution in [3.63, 3.8) is 0 Å². The van der Waals surface area contributed by atoms with Gasteiger partial charge in [-0.15, -0.1) is 0 Å². The second-order valence-corrected chi connectivity index (χ2v) is 14.0. The van der Waals surface area contributed by atoms with E-state index in [1.165, 1.54) is 6.42 Å². The smallest absolute Gasteiger partial charge is 0.410 e. The molecule has 0 N–H and O–H groups in total. The summed E-state index contributed by atoms with van der Waals surface area (Å²) in [7, 11) is 4.24. The van der Waals surface area contributed by atoms with Gasteiger partial charge in [-0.3, -0.25) is 0 Å². The normalized spacial score (nSPS) is 22.4. The van der Waals surface area contributed by atoms with Gasteiger partial charge >= 0.3 is 12.1 Å². The topological polar surface area (TPSA) is 74.3 Å². The van der Waals surface area contributed by atoms with Crippen LogP contribution in [0.15, 0.2) is 36.4 Å². The van der Waals surface area contributed by atoms with Gasteiger partial charge in [-0.25, -0.2) is 4.79 Å². The second kappa shape index (κ2) is 12.2. The van der Waals surface area contributed by atoms with Crippen molar-refractivity contribution in [2.45, 2.75) is 83.6 Å². The number of anilines is 2. The Kier molecular flexibility index (Phi) is 8.54. The van der Waals surface area contributed by atoms with E-state index in [9.17, 15) is 4.79 Å². The van der Waals surface area contributed by atoms with Crippen LogP contribution in [0.3, 0.4) is 0 Å². The van der Waals surface area contributed by atoms with E-state index in [1.54, 1.807) is 0 Å². The van der Waals surface area contributed by atoms with Crippen LogP contribution in [0.5, 0.6) is 6.01 Å². The van der Waals surface area contributed by atoms with Crippen molar-refractivity contribution in [1.82, 2.24) is 19.8 Å². The fourth-order valence-electron chi connectivity index (χ4n) is 6.88. The van der Waals surface area contributed by atoms with Crippen molar-refractivity contribution in [3.05, 3.63) is 52.7 Å². The summed E-state index contributed by atoms with van der Waals surface area (Å²) < 4.78 is 12.1. The van der Waals surface area contributed by atoms with Crippen LogP contribution >= 0.6 is 11.6 Å². The van der Waals surface area contributed by atoms with Crippen LogP contribution in [0.1, 0.15) is 58.2 Å². The summed E-state index contributed by atoms with van der Waals surface area (Å²) in [5, 5.41) is 2.94. The number of amides is 1. The van der Waals surface area contributed by atoms with E-state index >= 15 is 0 Å². The highest BCUT2D eigenvalue weighted by Gasteiger charge is 2.38. The number of carbonyl (C=O) groups is 1. The maximum atomic E-state index is 13.0. The summed E-state index contributed by atoms with van der Waals surface area (Å²) >= 11 is 6.72. The van der Waals surface area contributed by atoms with Crippen molar-refractivity contribution in [2.75, 3.05) is 50.1 Å². The molecule has 2 saturated heterocycles. The first-order chi connectivity index (χ1) is 21.0. The Hall–Kier alpha value is -3.30. The molecule has 0 saturated carbocycles. The first-order valence-corrected chi connectivity index (χ1v) is 16.2. The number of rotatable bonds is 6. The average molecular weight is 621 g/mol. The molecule has 2 aromatic carbocycles. The highest BCUT2D eigenvalue weighted by molar-refractivity contribution is 6.36. The first kappa shape index (κ1) is 30.7. The summed E-state index contributed by atoms with van der Waals surface area (Å²) in [5.74, 6) is 0.892. The Morgan fingerprint density at radius 3 is 2.64 bits per heavy atom. The van der Waals surface area contributed by atoms with Gasteiger partial charge in [0.2, 0.25) is 0 Å². The summed E-state index contributed by atoms with van der Waals surface area (Å²) in [5.41, 5.74) is 2.69. The van der Waals surface area contributed by atoms with E-state index in [4.69, 9.17) is 31.0 Å². The van der Waals surface area contributed by atoms with Gasteiger partial charge in [-0.1, -0.05) is 35.9 Å². The van der Waals surface area contributed by atoms with E-state index in [0.717, 1.165) is 70.9 Å². The molecule has 2 fully saturated rings. The minimum atomic E-state index is -0.535. The van der Waals surface area contributed by atoms with E-state index < -0.39 is 5.60 Å². The van der Waals surface area contributed by atoms with Gasteiger partial charge in [0.1, 0.15) is 18.0 Å². The van der Waals surface area contributed by atoms with E-state index in [0.29, 0.717) is 31.7 Å². The van der Waals surface area contributed by atoms with Crippen LogP contribution in [0.2, 0.25) is 5.02 Å². The largest absolute Gasteiger partial charge is 0.462 e. The number of carbonyl (C=O) groups excluding carboxylic acids is 1. The fraction of sp³-hybridized carbons (Fsp3) is 0.559. The molecule has 1 aromatic heterocycles. The third-order valence-corrected chi connectivity index (χ3v) is 9.65. The lowest BCUT2D eigenvalue weighted by Gasteiger charge is -2.35. The highest BCUT2D eigenvalue weighted by Crippen LogP contribution is 2.38. The number of fused-ring (bicyclic) bond motifs is 2. The standard InChI is InChI=1S/C34H45ClN6O3/c1-22-18-25(19-41(22)33(42)44-34(2,3)4)39(6)31-26-15-17-40(29-14-8-11-23-10-7-13-27(35)30(23)29)20-28(26)36-32(37-31)43-21-24-12-9-16-38(24)5/h7-8,10-11,13-14,22,24-25H,9,12,15-21H2,1-6H3/t22-,24+,25-/m1/s1. The molecule has 1 amide bonds. The number of aromatic nitrogens is 2. The molecule has 236 valence electrons. The molecule has 10 heteroatoms. The maximum Gasteiger partial charge on any atom is 0.410 e. The number of hydrogen-bond acceptors (Lipinski definition) is 8. The Labute approximate surface area is 266 Å². The Morgan fingerprint density at radius 2 is 1.91 bits per heavy atom. The SMILES string of the molecule is C[C@@H]1C[C@@H](N(C)c2nc(OC[C@@H]3CCCN3C)nc3c2CCN(c2cccc4cccc(Cl)c24)C3)CN1C(=O)OC(C)(C)C. The lowest BCUT2D eigenvalue weighted by Crippen LogP contribution is -2.41. The Bertz CT molecular complexity index is 1520.